The topological polar surface area (TPSA) is 79.2 Å². The average molecular weight is 409 g/mol. The number of nitriles is 1. The van der Waals surface area contributed by atoms with E-state index in [1.807, 2.05) is 0 Å². The number of nitrogens with zero attached hydrogens (tertiary/aromatic N) is 1. The van der Waals surface area contributed by atoms with Crippen molar-refractivity contribution in [2.24, 2.45) is 0 Å². The van der Waals surface area contributed by atoms with Crippen LogP contribution in [0.4, 0.5) is 5.00 Å². The van der Waals surface area contributed by atoms with Crippen molar-refractivity contribution in [3.8, 4) is 6.07 Å². The summed E-state index contributed by atoms with van der Waals surface area (Å²) in [6.07, 6.45) is 3.92. The van der Waals surface area contributed by atoms with Gasteiger partial charge >= 0.3 is 5.97 Å². The number of halogens is 2. The molecule has 1 N–H and O–H groups in total. The van der Waals surface area contributed by atoms with Crippen molar-refractivity contribution in [2.75, 3.05) is 11.9 Å². The molecule has 0 saturated carbocycles. The quantitative estimate of drug-likeness (QED) is 0.749. The minimum absolute atomic E-state index is 0.133. The third-order valence-corrected chi connectivity index (χ3v) is 5.78. The molecule has 0 atom stereocenters. The molecule has 0 unspecified atom stereocenters. The number of aryl methyl sites for hydroxylation is 1. The van der Waals surface area contributed by atoms with Crippen molar-refractivity contribution >= 4 is 51.4 Å². The molecule has 0 radical (unpaired) electrons. The Balaban J connectivity index is 1.64. The maximum absolute atomic E-state index is 12.1. The highest BCUT2D eigenvalue weighted by atomic mass is 35.5. The molecule has 0 aliphatic heterocycles. The number of carbonyl (C=O) groups is 2. The fraction of sp³-hybridized carbons (Fsp3) is 0.278. The molecule has 0 saturated heterocycles. The lowest BCUT2D eigenvalue weighted by Gasteiger charge is -2.09. The first-order valence-electron chi connectivity index (χ1n) is 7.96. The summed E-state index contributed by atoms with van der Waals surface area (Å²) in [5.41, 5.74) is 1.68. The van der Waals surface area contributed by atoms with Crippen LogP contribution in [0.5, 0.6) is 0 Å². The molecule has 3 rings (SSSR count). The summed E-state index contributed by atoms with van der Waals surface area (Å²) in [7, 11) is 0. The van der Waals surface area contributed by atoms with Crippen LogP contribution < -0.4 is 5.32 Å². The molecule has 5 nitrogen and oxygen atoms in total. The minimum Gasteiger partial charge on any atom is -0.452 e. The lowest BCUT2D eigenvalue weighted by molar-refractivity contribution is -0.119. The molecule has 8 heteroatoms. The maximum Gasteiger partial charge on any atom is 0.340 e. The second-order valence-corrected chi connectivity index (χ2v) is 7.72. The van der Waals surface area contributed by atoms with E-state index >= 15 is 0 Å². The Morgan fingerprint density at radius 2 is 2.04 bits per heavy atom. The van der Waals surface area contributed by atoms with Crippen LogP contribution in [0.1, 0.15) is 39.2 Å². The van der Waals surface area contributed by atoms with E-state index in [9.17, 15) is 14.9 Å². The largest absolute Gasteiger partial charge is 0.452 e. The highest BCUT2D eigenvalue weighted by Gasteiger charge is 2.22. The number of amides is 1. The van der Waals surface area contributed by atoms with Gasteiger partial charge in [0.15, 0.2) is 6.61 Å². The Labute approximate surface area is 164 Å². The van der Waals surface area contributed by atoms with E-state index in [0.717, 1.165) is 36.1 Å². The number of nitrogens with one attached hydrogen (secondary N) is 1. The summed E-state index contributed by atoms with van der Waals surface area (Å²) < 4.78 is 5.00. The van der Waals surface area contributed by atoms with Gasteiger partial charge in [0.2, 0.25) is 0 Å². The molecule has 1 heterocycles. The molecule has 1 amide bonds. The van der Waals surface area contributed by atoms with E-state index in [-0.39, 0.29) is 10.6 Å². The highest BCUT2D eigenvalue weighted by Crippen LogP contribution is 2.37. The van der Waals surface area contributed by atoms with Gasteiger partial charge in [-0.25, -0.2) is 4.79 Å². The third-order valence-electron chi connectivity index (χ3n) is 4.02. The second-order valence-electron chi connectivity index (χ2n) is 5.78. The lowest BCUT2D eigenvalue weighted by atomic mass is 9.96. The Morgan fingerprint density at radius 3 is 2.77 bits per heavy atom. The maximum atomic E-state index is 12.1. The second kappa shape index (κ2) is 8.09. The van der Waals surface area contributed by atoms with E-state index in [1.165, 1.54) is 29.5 Å². The smallest absolute Gasteiger partial charge is 0.340 e. The van der Waals surface area contributed by atoms with E-state index in [1.54, 1.807) is 0 Å². The number of anilines is 1. The van der Waals surface area contributed by atoms with Crippen LogP contribution in [-0.4, -0.2) is 18.5 Å². The SMILES string of the molecule is N#Cc1c(NC(=O)COC(=O)c2ccc(Cl)cc2Cl)sc2c1CCCC2. The molecule has 0 spiro atoms. The molecule has 2 aromatic rings. The first-order chi connectivity index (χ1) is 12.5. The van der Waals surface area contributed by atoms with Gasteiger partial charge in [-0.3, -0.25) is 4.79 Å². The van der Waals surface area contributed by atoms with Gasteiger partial charge < -0.3 is 10.1 Å². The summed E-state index contributed by atoms with van der Waals surface area (Å²) in [4.78, 5) is 25.3. The number of hydrogen-bond acceptors (Lipinski definition) is 5. The Hall–Kier alpha value is -2.07. The average Bonchev–Trinajstić information content (AvgIpc) is 2.96. The molecule has 1 aromatic carbocycles. The molecule has 26 heavy (non-hydrogen) atoms. The van der Waals surface area contributed by atoms with Gasteiger partial charge in [-0.2, -0.15) is 5.26 Å². The standard InChI is InChI=1S/C18H14Cl2N2O3S/c19-10-5-6-12(14(20)7-10)18(24)25-9-16(23)22-17-13(8-21)11-3-1-2-4-15(11)26-17/h5-7H,1-4,9H2,(H,22,23). The van der Waals surface area contributed by atoms with Crippen LogP contribution in [0, 0.1) is 11.3 Å². The number of hydrogen-bond donors (Lipinski definition) is 1. The molecule has 0 fully saturated rings. The van der Waals surface area contributed by atoms with Crippen LogP contribution in [-0.2, 0) is 22.4 Å². The fourth-order valence-electron chi connectivity index (χ4n) is 2.80. The number of carbonyl (C=O) groups excluding carboxylic acids is 2. The molecule has 1 aliphatic rings. The number of esters is 1. The van der Waals surface area contributed by atoms with Crippen LogP contribution in [0.3, 0.4) is 0 Å². The highest BCUT2D eigenvalue weighted by molar-refractivity contribution is 7.16. The number of fused-ring (bicyclic) bond motifs is 1. The zero-order chi connectivity index (χ0) is 18.7. The lowest BCUT2D eigenvalue weighted by Crippen LogP contribution is -2.21. The predicted octanol–water partition coefficient (Wildman–Crippen LogP) is 4.60. The van der Waals surface area contributed by atoms with Crippen molar-refractivity contribution in [2.45, 2.75) is 25.7 Å². The van der Waals surface area contributed by atoms with Gasteiger partial charge in [0.25, 0.3) is 5.91 Å². The van der Waals surface area contributed by atoms with Crippen molar-refractivity contribution in [3.05, 3.63) is 49.8 Å². The normalized spacial score (nSPS) is 12.8. The van der Waals surface area contributed by atoms with E-state index in [4.69, 9.17) is 27.9 Å². The van der Waals surface area contributed by atoms with Gasteiger partial charge in [-0.1, -0.05) is 23.2 Å². The Kier molecular flexibility index (Phi) is 5.82. The summed E-state index contributed by atoms with van der Waals surface area (Å²) in [5, 5.41) is 13.1. The van der Waals surface area contributed by atoms with Gasteiger partial charge in [0, 0.05) is 9.90 Å². The van der Waals surface area contributed by atoms with Gasteiger partial charge in [0.05, 0.1) is 16.1 Å². The first kappa shape index (κ1) is 18.7. The summed E-state index contributed by atoms with van der Waals surface area (Å²) in [5.74, 6) is -1.22. The zero-order valence-electron chi connectivity index (χ0n) is 13.6. The molecule has 1 aliphatic carbocycles. The fourth-order valence-corrected chi connectivity index (χ4v) is 4.54. The van der Waals surface area contributed by atoms with Crippen LogP contribution in [0.2, 0.25) is 10.0 Å². The molecular formula is C18H14Cl2N2O3S. The van der Waals surface area contributed by atoms with Crippen molar-refractivity contribution in [1.29, 1.82) is 5.26 Å². The molecule has 134 valence electrons. The third kappa shape index (κ3) is 4.01. The van der Waals surface area contributed by atoms with Crippen LogP contribution >= 0.6 is 34.5 Å². The first-order valence-corrected chi connectivity index (χ1v) is 9.53. The molecule has 0 bridgehead atoms. The zero-order valence-corrected chi connectivity index (χ0v) is 15.9. The molecular weight excluding hydrogens is 395 g/mol. The van der Waals surface area contributed by atoms with E-state index < -0.39 is 18.5 Å². The predicted molar refractivity (Wildman–Crippen MR) is 101 cm³/mol. The van der Waals surface area contributed by atoms with E-state index in [0.29, 0.717) is 15.6 Å². The summed E-state index contributed by atoms with van der Waals surface area (Å²) in [6, 6.07) is 6.55. The number of thiophene rings is 1. The van der Waals surface area contributed by atoms with Crippen molar-refractivity contribution in [1.82, 2.24) is 0 Å². The van der Waals surface area contributed by atoms with Gasteiger partial charge in [-0.15, -0.1) is 11.3 Å². The van der Waals surface area contributed by atoms with Crippen LogP contribution in [0.15, 0.2) is 18.2 Å². The van der Waals surface area contributed by atoms with Gasteiger partial charge in [0.1, 0.15) is 11.1 Å². The number of rotatable bonds is 4. The minimum atomic E-state index is -0.715. The summed E-state index contributed by atoms with van der Waals surface area (Å²) >= 11 is 13.2. The monoisotopic (exact) mass is 408 g/mol. The van der Waals surface area contributed by atoms with Crippen LogP contribution in [0.25, 0.3) is 0 Å². The molecule has 1 aromatic heterocycles. The Bertz CT molecular complexity index is 918. The van der Waals surface area contributed by atoms with Crippen molar-refractivity contribution in [3.63, 3.8) is 0 Å². The number of benzene rings is 1. The number of ether oxygens (including phenoxy) is 1. The Morgan fingerprint density at radius 1 is 1.27 bits per heavy atom. The van der Waals surface area contributed by atoms with Crippen molar-refractivity contribution < 1.29 is 14.3 Å². The van der Waals surface area contributed by atoms with E-state index in [2.05, 4.69) is 11.4 Å². The van der Waals surface area contributed by atoms with Gasteiger partial charge in [-0.05, 0) is 49.4 Å². The summed E-state index contributed by atoms with van der Waals surface area (Å²) in [6.45, 7) is -0.467.